The lowest BCUT2D eigenvalue weighted by molar-refractivity contribution is 0.102. The quantitative estimate of drug-likeness (QED) is 0.830. The molecule has 23 heavy (non-hydrogen) atoms. The maximum atomic E-state index is 13.2. The number of hydrogen-bond acceptors (Lipinski definition) is 3. The van der Waals surface area contributed by atoms with E-state index in [4.69, 9.17) is 9.47 Å². The van der Waals surface area contributed by atoms with Crippen LogP contribution in [0.25, 0.3) is 0 Å². The minimum Gasteiger partial charge on any atom is -0.493 e. The molecule has 0 aliphatic carbocycles. The second kappa shape index (κ2) is 7.41. The summed E-state index contributed by atoms with van der Waals surface area (Å²) in [5, 5.41) is 2.43. The van der Waals surface area contributed by atoms with Gasteiger partial charge in [-0.25, -0.2) is 8.78 Å². The minimum absolute atomic E-state index is 0.0245. The molecule has 0 atom stereocenters. The highest BCUT2D eigenvalue weighted by molar-refractivity contribution is 9.10. The van der Waals surface area contributed by atoms with Crippen LogP contribution >= 0.6 is 15.9 Å². The molecule has 1 N–H and O–H groups in total. The molecule has 0 saturated carbocycles. The molecule has 0 aromatic heterocycles. The lowest BCUT2D eigenvalue weighted by atomic mass is 10.1. The lowest BCUT2D eigenvalue weighted by Crippen LogP contribution is -2.13. The topological polar surface area (TPSA) is 47.6 Å². The number of methoxy groups -OCH3 is 1. The Hall–Kier alpha value is -2.15. The highest BCUT2D eigenvalue weighted by atomic mass is 79.9. The highest BCUT2D eigenvalue weighted by Gasteiger charge is 2.16. The van der Waals surface area contributed by atoms with Gasteiger partial charge in [-0.3, -0.25) is 4.79 Å². The van der Waals surface area contributed by atoms with Crippen LogP contribution in [-0.4, -0.2) is 19.6 Å². The second-order valence-electron chi connectivity index (χ2n) is 4.53. The van der Waals surface area contributed by atoms with Gasteiger partial charge in [-0.15, -0.1) is 0 Å². The van der Waals surface area contributed by atoms with E-state index in [0.717, 1.165) is 18.2 Å². The molecule has 0 radical (unpaired) electrons. The largest absolute Gasteiger partial charge is 0.493 e. The zero-order valence-electron chi connectivity index (χ0n) is 12.5. The molecule has 0 saturated heterocycles. The first-order valence-corrected chi connectivity index (χ1v) is 7.51. The van der Waals surface area contributed by atoms with Crippen molar-refractivity contribution in [3.05, 3.63) is 52.0 Å². The van der Waals surface area contributed by atoms with E-state index in [1.807, 2.05) is 6.92 Å². The molecule has 0 aliphatic rings. The van der Waals surface area contributed by atoms with E-state index in [1.54, 1.807) is 6.07 Å². The fraction of sp³-hybridized carbons (Fsp3) is 0.188. The van der Waals surface area contributed by atoms with Gasteiger partial charge in [0.25, 0.3) is 5.91 Å². The Balaban J connectivity index is 2.30. The molecule has 1 amide bonds. The van der Waals surface area contributed by atoms with E-state index in [1.165, 1.54) is 13.2 Å². The summed E-state index contributed by atoms with van der Waals surface area (Å²) in [6.45, 7) is 2.26. The van der Waals surface area contributed by atoms with Crippen molar-refractivity contribution in [3.63, 3.8) is 0 Å². The molecule has 0 fully saturated rings. The van der Waals surface area contributed by atoms with E-state index in [9.17, 15) is 13.6 Å². The molecule has 0 aliphatic heterocycles. The molecule has 0 heterocycles. The number of hydrogen-bond donors (Lipinski definition) is 1. The highest BCUT2D eigenvalue weighted by Crippen LogP contribution is 2.36. The summed E-state index contributed by atoms with van der Waals surface area (Å²) in [4.78, 5) is 12.3. The van der Waals surface area contributed by atoms with Crippen molar-refractivity contribution in [1.29, 1.82) is 0 Å². The van der Waals surface area contributed by atoms with Crippen molar-refractivity contribution < 1.29 is 23.0 Å². The van der Waals surface area contributed by atoms with Crippen LogP contribution in [0.3, 0.4) is 0 Å². The molecule has 0 spiro atoms. The number of nitrogens with one attached hydrogen (secondary N) is 1. The molecule has 2 aromatic rings. The van der Waals surface area contributed by atoms with Gasteiger partial charge in [-0.2, -0.15) is 0 Å². The summed E-state index contributed by atoms with van der Waals surface area (Å²) >= 11 is 3.31. The number of carbonyl (C=O) groups excluding carboxylic acids is 1. The summed E-state index contributed by atoms with van der Waals surface area (Å²) in [7, 11) is 1.45. The fourth-order valence-electron chi connectivity index (χ4n) is 1.96. The molecule has 122 valence electrons. The van der Waals surface area contributed by atoms with Gasteiger partial charge in [0.15, 0.2) is 11.5 Å². The average molecular weight is 386 g/mol. The third kappa shape index (κ3) is 4.19. The van der Waals surface area contributed by atoms with Gasteiger partial charge in [-0.05, 0) is 47.1 Å². The van der Waals surface area contributed by atoms with E-state index in [0.29, 0.717) is 22.6 Å². The number of anilines is 1. The van der Waals surface area contributed by atoms with Crippen LogP contribution in [0.4, 0.5) is 14.5 Å². The van der Waals surface area contributed by atoms with Crippen molar-refractivity contribution >= 4 is 27.5 Å². The predicted molar refractivity (Wildman–Crippen MR) is 86.2 cm³/mol. The van der Waals surface area contributed by atoms with E-state index < -0.39 is 17.5 Å². The molecule has 2 aromatic carbocycles. The molecule has 7 heteroatoms. The number of benzene rings is 2. The monoisotopic (exact) mass is 385 g/mol. The minimum atomic E-state index is -0.772. The van der Waals surface area contributed by atoms with Crippen LogP contribution in [0.15, 0.2) is 34.8 Å². The van der Waals surface area contributed by atoms with Crippen molar-refractivity contribution in [1.82, 2.24) is 0 Å². The normalized spacial score (nSPS) is 10.3. The Kier molecular flexibility index (Phi) is 5.54. The molecule has 2 rings (SSSR count). The first kappa shape index (κ1) is 17.2. The zero-order valence-corrected chi connectivity index (χ0v) is 14.0. The van der Waals surface area contributed by atoms with Gasteiger partial charge >= 0.3 is 0 Å². The second-order valence-corrected chi connectivity index (χ2v) is 5.39. The Morgan fingerprint density at radius 3 is 2.39 bits per heavy atom. The van der Waals surface area contributed by atoms with Gasteiger partial charge in [0.2, 0.25) is 0 Å². The molecule has 0 unspecified atom stereocenters. The number of ether oxygens (including phenoxy) is 2. The smallest absolute Gasteiger partial charge is 0.255 e. The number of halogens is 3. The predicted octanol–water partition coefficient (Wildman–Crippen LogP) is 4.39. The Labute approximate surface area is 140 Å². The Bertz CT molecular complexity index is 717. The average Bonchev–Trinajstić information content (AvgIpc) is 2.48. The van der Waals surface area contributed by atoms with Crippen LogP contribution in [0, 0.1) is 11.6 Å². The number of rotatable bonds is 5. The molecular formula is C16H14BrF2NO3. The maximum absolute atomic E-state index is 13.2. The van der Waals surface area contributed by atoms with Gasteiger partial charge < -0.3 is 14.8 Å². The van der Waals surface area contributed by atoms with Crippen LogP contribution in [0.5, 0.6) is 11.5 Å². The lowest BCUT2D eigenvalue weighted by Gasteiger charge is -2.13. The van der Waals surface area contributed by atoms with Crippen LogP contribution in [0.1, 0.15) is 17.3 Å². The maximum Gasteiger partial charge on any atom is 0.255 e. The van der Waals surface area contributed by atoms with Crippen LogP contribution < -0.4 is 14.8 Å². The van der Waals surface area contributed by atoms with Crippen LogP contribution in [-0.2, 0) is 0 Å². The SMILES string of the molecule is CCOc1c(Br)cc(C(=O)Nc2cc(F)cc(F)c2)cc1OC. The first-order valence-electron chi connectivity index (χ1n) is 6.72. The summed E-state index contributed by atoms with van der Waals surface area (Å²) in [5.74, 6) is -1.23. The number of carbonyl (C=O) groups is 1. The van der Waals surface area contributed by atoms with Gasteiger partial charge in [0.05, 0.1) is 18.2 Å². The summed E-state index contributed by atoms with van der Waals surface area (Å²) in [5.41, 5.74) is 0.276. The first-order chi connectivity index (χ1) is 10.9. The number of amides is 1. The Morgan fingerprint density at radius 1 is 1.17 bits per heavy atom. The van der Waals surface area contributed by atoms with Crippen molar-refractivity contribution in [3.8, 4) is 11.5 Å². The van der Waals surface area contributed by atoms with Crippen LogP contribution in [0.2, 0.25) is 0 Å². The van der Waals surface area contributed by atoms with Crippen molar-refractivity contribution in [2.45, 2.75) is 6.92 Å². The van der Waals surface area contributed by atoms with Crippen molar-refractivity contribution in [2.75, 3.05) is 19.0 Å². The van der Waals surface area contributed by atoms with Crippen molar-refractivity contribution in [2.24, 2.45) is 0 Å². The molecular weight excluding hydrogens is 372 g/mol. The van der Waals surface area contributed by atoms with Gasteiger partial charge in [-0.1, -0.05) is 0 Å². The summed E-state index contributed by atoms with van der Waals surface area (Å²) < 4.78 is 37.5. The van der Waals surface area contributed by atoms with Gasteiger partial charge in [0, 0.05) is 17.3 Å². The Morgan fingerprint density at radius 2 is 1.83 bits per heavy atom. The van der Waals surface area contributed by atoms with E-state index >= 15 is 0 Å². The molecule has 0 bridgehead atoms. The molecule has 4 nitrogen and oxygen atoms in total. The fourth-order valence-corrected chi connectivity index (χ4v) is 2.52. The third-order valence-corrected chi connectivity index (χ3v) is 3.49. The third-order valence-electron chi connectivity index (χ3n) is 2.90. The zero-order chi connectivity index (χ0) is 17.0. The standard InChI is InChI=1S/C16H14BrF2NO3/c1-3-23-15-13(17)4-9(5-14(15)22-2)16(21)20-12-7-10(18)6-11(19)8-12/h4-8H,3H2,1-2H3,(H,20,21). The van der Waals surface area contributed by atoms with E-state index in [-0.39, 0.29) is 11.3 Å². The van der Waals surface area contributed by atoms with Gasteiger partial charge in [0.1, 0.15) is 11.6 Å². The summed E-state index contributed by atoms with van der Waals surface area (Å²) in [6.07, 6.45) is 0. The van der Waals surface area contributed by atoms with E-state index in [2.05, 4.69) is 21.2 Å². The summed E-state index contributed by atoms with van der Waals surface area (Å²) in [6, 6.07) is 5.81.